The number of nitrogens with two attached hydrogens (primary N) is 1. The van der Waals surface area contributed by atoms with Gasteiger partial charge in [0.15, 0.2) is 9.84 Å². The lowest BCUT2D eigenvalue weighted by molar-refractivity contribution is 0.0232. The molecule has 19 heavy (non-hydrogen) atoms. The predicted octanol–water partition coefficient (Wildman–Crippen LogP) is -0.0815. The smallest absolute Gasteiger partial charge is 0.152 e. The number of likely N-dealkylation sites (tertiary alicyclic amines) is 1. The van der Waals surface area contributed by atoms with Crippen LogP contribution in [0.4, 0.5) is 0 Å². The fourth-order valence-corrected chi connectivity index (χ4v) is 4.49. The van der Waals surface area contributed by atoms with E-state index in [0.717, 1.165) is 25.9 Å². The molecule has 2 N–H and O–H groups in total. The molecule has 112 valence electrons. The summed E-state index contributed by atoms with van der Waals surface area (Å²) in [4.78, 5) is 4.82. The molecule has 0 bridgehead atoms. The molecule has 0 unspecified atom stereocenters. The van der Waals surface area contributed by atoms with Gasteiger partial charge in [0.05, 0.1) is 11.5 Å². The highest BCUT2D eigenvalue weighted by Crippen LogP contribution is 2.30. The molecule has 0 atom stereocenters. The first-order valence-corrected chi connectivity index (χ1v) is 9.10. The average Bonchev–Trinajstić information content (AvgIpc) is 2.38. The molecule has 0 amide bonds. The Balaban J connectivity index is 2.01. The van der Waals surface area contributed by atoms with Crippen molar-refractivity contribution in [3.63, 3.8) is 0 Å². The van der Waals surface area contributed by atoms with E-state index in [1.54, 1.807) is 0 Å². The lowest BCUT2D eigenvalue weighted by Gasteiger charge is -2.50. The second-order valence-electron chi connectivity index (χ2n) is 6.20. The summed E-state index contributed by atoms with van der Waals surface area (Å²) in [7, 11) is -2.81. The highest BCUT2D eigenvalue weighted by atomic mass is 32.2. The van der Waals surface area contributed by atoms with Crippen LogP contribution in [0.25, 0.3) is 0 Å². The molecule has 2 fully saturated rings. The average molecular weight is 289 g/mol. The van der Waals surface area contributed by atoms with Crippen molar-refractivity contribution in [2.75, 3.05) is 44.2 Å². The van der Waals surface area contributed by atoms with Crippen LogP contribution < -0.4 is 5.73 Å². The molecule has 0 spiro atoms. The lowest BCUT2D eigenvalue weighted by atomic mass is 9.85. The summed E-state index contributed by atoms with van der Waals surface area (Å²) in [5, 5.41) is 0. The molecule has 5 nitrogen and oxygen atoms in total. The van der Waals surface area contributed by atoms with Gasteiger partial charge in [-0.15, -0.1) is 0 Å². The van der Waals surface area contributed by atoms with Gasteiger partial charge in [0.25, 0.3) is 0 Å². The summed E-state index contributed by atoms with van der Waals surface area (Å²) in [6.07, 6.45) is 2.11. The number of piperidine rings is 1. The summed E-state index contributed by atoms with van der Waals surface area (Å²) < 4.78 is 23.1. The van der Waals surface area contributed by atoms with Gasteiger partial charge in [-0.1, -0.05) is 0 Å². The molecule has 0 aromatic carbocycles. The molecule has 2 saturated heterocycles. The first-order chi connectivity index (χ1) is 8.88. The van der Waals surface area contributed by atoms with Crippen molar-refractivity contribution >= 4 is 9.84 Å². The molecule has 2 heterocycles. The van der Waals surface area contributed by atoms with Crippen LogP contribution in [0.15, 0.2) is 0 Å². The minimum Gasteiger partial charge on any atom is -0.329 e. The van der Waals surface area contributed by atoms with Gasteiger partial charge >= 0.3 is 0 Å². The number of hydrogen-bond donors (Lipinski definition) is 1. The van der Waals surface area contributed by atoms with E-state index in [4.69, 9.17) is 5.73 Å². The van der Waals surface area contributed by atoms with Crippen LogP contribution in [0.3, 0.4) is 0 Å². The number of sulfone groups is 1. The Morgan fingerprint density at radius 3 is 2.05 bits per heavy atom. The zero-order chi connectivity index (χ0) is 14.1. The third kappa shape index (κ3) is 3.29. The van der Waals surface area contributed by atoms with Crippen LogP contribution in [0.2, 0.25) is 0 Å². The van der Waals surface area contributed by atoms with Crippen molar-refractivity contribution in [3.8, 4) is 0 Å². The summed E-state index contributed by atoms with van der Waals surface area (Å²) in [5.41, 5.74) is 6.08. The Morgan fingerprint density at radius 1 is 1.11 bits per heavy atom. The summed E-state index contributed by atoms with van der Waals surface area (Å²) in [6, 6.07) is 0.581. The molecule has 2 aliphatic rings. The molecule has 0 aromatic heterocycles. The van der Waals surface area contributed by atoms with Gasteiger partial charge in [-0.3, -0.25) is 4.90 Å². The minimum atomic E-state index is -2.81. The lowest BCUT2D eigenvalue weighted by Crippen LogP contribution is -2.62. The van der Waals surface area contributed by atoms with Crippen LogP contribution in [0, 0.1) is 0 Å². The van der Waals surface area contributed by atoms with E-state index in [1.165, 1.54) is 0 Å². The van der Waals surface area contributed by atoms with Crippen molar-refractivity contribution in [2.24, 2.45) is 5.73 Å². The van der Waals surface area contributed by atoms with Gasteiger partial charge in [-0.25, -0.2) is 8.42 Å². The van der Waals surface area contributed by atoms with Crippen LogP contribution in [0.1, 0.15) is 26.7 Å². The SMILES string of the molecule is CC(C)N1CCC(CN)(N2CCS(=O)(=O)CC2)CC1. The molecular weight excluding hydrogens is 262 g/mol. The zero-order valence-electron chi connectivity index (χ0n) is 12.1. The van der Waals surface area contributed by atoms with Crippen LogP contribution >= 0.6 is 0 Å². The largest absolute Gasteiger partial charge is 0.329 e. The highest BCUT2D eigenvalue weighted by Gasteiger charge is 2.41. The van der Waals surface area contributed by atoms with Crippen molar-refractivity contribution in [3.05, 3.63) is 0 Å². The minimum absolute atomic E-state index is 0.0291. The van der Waals surface area contributed by atoms with Crippen LogP contribution in [0.5, 0.6) is 0 Å². The molecule has 0 radical (unpaired) electrons. The van der Waals surface area contributed by atoms with Gasteiger partial charge in [0.2, 0.25) is 0 Å². The Labute approximate surface area is 117 Å². The Morgan fingerprint density at radius 2 is 1.63 bits per heavy atom. The quantitative estimate of drug-likeness (QED) is 0.787. The molecule has 0 saturated carbocycles. The Bertz CT molecular complexity index is 386. The summed E-state index contributed by atoms with van der Waals surface area (Å²) in [5.74, 6) is 0.589. The predicted molar refractivity (Wildman–Crippen MR) is 78.0 cm³/mol. The molecule has 2 aliphatic heterocycles. The maximum atomic E-state index is 11.5. The van der Waals surface area contributed by atoms with Crippen molar-refractivity contribution in [1.29, 1.82) is 0 Å². The normalized spacial score (nSPS) is 28.6. The topological polar surface area (TPSA) is 66.6 Å². The van der Waals surface area contributed by atoms with E-state index in [0.29, 0.717) is 37.2 Å². The van der Waals surface area contributed by atoms with Gasteiger partial charge in [0.1, 0.15) is 0 Å². The van der Waals surface area contributed by atoms with E-state index in [2.05, 4.69) is 23.6 Å². The monoisotopic (exact) mass is 289 g/mol. The van der Waals surface area contributed by atoms with E-state index < -0.39 is 9.84 Å². The van der Waals surface area contributed by atoms with Crippen LogP contribution in [-0.4, -0.2) is 74.0 Å². The highest BCUT2D eigenvalue weighted by molar-refractivity contribution is 7.91. The second-order valence-corrected chi connectivity index (χ2v) is 8.50. The maximum Gasteiger partial charge on any atom is 0.152 e. The fourth-order valence-electron chi connectivity index (χ4n) is 3.29. The standard InChI is InChI=1S/C13H27N3O2S/c1-12(2)15-5-3-13(11-14,4-6-15)16-7-9-19(17,18)10-8-16/h12H,3-11,14H2,1-2H3. The van der Waals surface area contributed by atoms with Gasteiger partial charge < -0.3 is 10.6 Å². The van der Waals surface area contributed by atoms with Gasteiger partial charge in [0, 0.05) is 44.3 Å². The molecule has 6 heteroatoms. The molecule has 0 aliphatic carbocycles. The first kappa shape index (κ1) is 15.2. The van der Waals surface area contributed by atoms with E-state index >= 15 is 0 Å². The maximum absolute atomic E-state index is 11.5. The van der Waals surface area contributed by atoms with Gasteiger partial charge in [-0.05, 0) is 26.7 Å². The van der Waals surface area contributed by atoms with Crippen LogP contribution in [-0.2, 0) is 9.84 Å². The second kappa shape index (κ2) is 5.68. The van der Waals surface area contributed by atoms with E-state index in [-0.39, 0.29) is 5.54 Å². The Kier molecular flexibility index (Phi) is 4.55. The fraction of sp³-hybridized carbons (Fsp3) is 1.00. The summed E-state index contributed by atoms with van der Waals surface area (Å²) >= 11 is 0. The summed E-state index contributed by atoms with van der Waals surface area (Å²) in [6.45, 7) is 8.53. The van der Waals surface area contributed by atoms with Gasteiger partial charge in [-0.2, -0.15) is 0 Å². The van der Waals surface area contributed by atoms with E-state index in [1.807, 2.05) is 0 Å². The zero-order valence-corrected chi connectivity index (χ0v) is 13.0. The molecule has 0 aromatic rings. The molecule has 2 rings (SSSR count). The Hall–Kier alpha value is -0.170. The third-order valence-electron chi connectivity index (χ3n) is 4.85. The van der Waals surface area contributed by atoms with Crippen molar-refractivity contribution in [2.45, 2.75) is 38.3 Å². The third-order valence-corrected chi connectivity index (χ3v) is 6.46. The first-order valence-electron chi connectivity index (χ1n) is 7.28. The van der Waals surface area contributed by atoms with Crippen molar-refractivity contribution < 1.29 is 8.42 Å². The molecular formula is C13H27N3O2S. The number of nitrogens with zero attached hydrogens (tertiary/aromatic N) is 2. The van der Waals surface area contributed by atoms with Crippen molar-refractivity contribution in [1.82, 2.24) is 9.80 Å². The van der Waals surface area contributed by atoms with E-state index in [9.17, 15) is 8.42 Å². The number of rotatable bonds is 3. The number of hydrogen-bond acceptors (Lipinski definition) is 5.